The minimum Gasteiger partial charge on any atom is -0.370 e. The van der Waals surface area contributed by atoms with Gasteiger partial charge in [-0.25, -0.2) is 4.99 Å². The molecule has 1 unspecified atom stereocenters. The van der Waals surface area contributed by atoms with Crippen molar-refractivity contribution >= 4 is 17.4 Å². The Morgan fingerprint density at radius 2 is 2.03 bits per heavy atom. The van der Waals surface area contributed by atoms with E-state index in [1.54, 1.807) is 0 Å². The van der Waals surface area contributed by atoms with Crippen LogP contribution >= 0.6 is 11.6 Å². The maximum absolute atomic E-state index is 6.06. The van der Waals surface area contributed by atoms with Crippen molar-refractivity contribution in [3.63, 3.8) is 0 Å². The molecule has 1 N–H and O–H groups in total. The number of allylic oxidation sites excluding steroid dienone is 1. The third kappa shape index (κ3) is 5.33. The molecule has 0 bridgehead atoms. The Hall–Kier alpha value is -2.00. The molecule has 1 aromatic carbocycles. The Labute approximate surface area is 181 Å². The third-order valence-corrected chi connectivity index (χ3v) is 6.08. The zero-order valence-corrected chi connectivity index (χ0v) is 18.9. The van der Waals surface area contributed by atoms with E-state index in [2.05, 4.69) is 44.1 Å². The van der Waals surface area contributed by atoms with E-state index in [9.17, 15) is 0 Å². The first kappa shape index (κ1) is 21.7. The van der Waals surface area contributed by atoms with Gasteiger partial charge >= 0.3 is 0 Å². The second-order valence-corrected chi connectivity index (χ2v) is 9.09. The highest BCUT2D eigenvalue weighted by molar-refractivity contribution is 6.30. The Balaban J connectivity index is 1.89. The summed E-state index contributed by atoms with van der Waals surface area (Å²) in [4.78, 5) is 7.54. The third-order valence-electron chi connectivity index (χ3n) is 5.83. The van der Waals surface area contributed by atoms with Crippen molar-refractivity contribution < 1.29 is 0 Å². The maximum Gasteiger partial charge on any atom is 0.137 e. The van der Waals surface area contributed by atoms with E-state index < -0.39 is 0 Å². The first-order chi connectivity index (χ1) is 13.9. The highest BCUT2D eigenvalue weighted by atomic mass is 35.5. The lowest BCUT2D eigenvalue weighted by atomic mass is 9.88. The zero-order valence-electron chi connectivity index (χ0n) is 18.1. The minimum atomic E-state index is 0.413. The van der Waals surface area contributed by atoms with E-state index >= 15 is 0 Å². The predicted octanol–water partition coefficient (Wildman–Crippen LogP) is 6.53. The van der Waals surface area contributed by atoms with Gasteiger partial charge in [-0.1, -0.05) is 58.4 Å². The van der Waals surface area contributed by atoms with Crippen LogP contribution in [0.2, 0.25) is 5.02 Å². The van der Waals surface area contributed by atoms with Crippen molar-refractivity contribution in [2.75, 3.05) is 13.1 Å². The first-order valence-electron chi connectivity index (χ1n) is 10.9. The molecule has 2 aliphatic heterocycles. The molecular weight excluding hydrogens is 378 g/mol. The maximum atomic E-state index is 6.06. The van der Waals surface area contributed by atoms with Crippen LogP contribution in [0.25, 0.3) is 0 Å². The van der Waals surface area contributed by atoms with Gasteiger partial charge in [0.1, 0.15) is 5.84 Å². The summed E-state index contributed by atoms with van der Waals surface area (Å²) in [5, 5.41) is 4.17. The second-order valence-electron chi connectivity index (χ2n) is 8.65. The molecule has 2 heterocycles. The van der Waals surface area contributed by atoms with Gasteiger partial charge in [-0.2, -0.15) is 0 Å². The molecule has 4 heteroatoms. The van der Waals surface area contributed by atoms with Gasteiger partial charge in [0.05, 0.1) is 5.70 Å². The van der Waals surface area contributed by atoms with Crippen molar-refractivity contribution in [3.05, 3.63) is 70.7 Å². The van der Waals surface area contributed by atoms with E-state index in [0.717, 1.165) is 48.0 Å². The van der Waals surface area contributed by atoms with Gasteiger partial charge in [0, 0.05) is 46.6 Å². The molecule has 2 aliphatic rings. The van der Waals surface area contributed by atoms with Crippen LogP contribution in [0.15, 0.2) is 65.1 Å². The molecule has 0 saturated heterocycles. The molecule has 0 fully saturated rings. The average Bonchev–Trinajstić information content (AvgIpc) is 2.70. The molecule has 3 rings (SSSR count). The SMILES string of the molecule is C=C1NC(c2ccc(Cl)cc2)=NC2=C1CN(C(=C)CCC(C)C)CC2CCCC. The lowest BCUT2D eigenvalue weighted by Crippen LogP contribution is -2.41. The quantitative estimate of drug-likeness (QED) is 0.526. The highest BCUT2D eigenvalue weighted by Gasteiger charge is 2.32. The number of hydrogen-bond acceptors (Lipinski definition) is 3. The summed E-state index contributed by atoms with van der Waals surface area (Å²) in [7, 11) is 0. The smallest absolute Gasteiger partial charge is 0.137 e. The van der Waals surface area contributed by atoms with Crippen molar-refractivity contribution in [2.45, 2.75) is 52.9 Å². The second kappa shape index (κ2) is 9.67. The van der Waals surface area contributed by atoms with Gasteiger partial charge in [-0.05, 0) is 49.4 Å². The summed E-state index contributed by atoms with van der Waals surface area (Å²) in [6.45, 7) is 17.4. The Morgan fingerprint density at radius 1 is 1.31 bits per heavy atom. The summed E-state index contributed by atoms with van der Waals surface area (Å²) >= 11 is 6.06. The number of hydrogen-bond donors (Lipinski definition) is 1. The number of halogens is 1. The van der Waals surface area contributed by atoms with Crippen molar-refractivity contribution in [2.24, 2.45) is 16.8 Å². The molecule has 3 nitrogen and oxygen atoms in total. The standard InChI is InChI=1S/C25H34ClN3/c1-6-7-8-21-15-29(18(4)10-9-17(2)3)16-23-19(5)27-25(28-24(21)23)20-11-13-22(26)14-12-20/h11-14,17,21H,4-10,15-16H2,1-3H3,(H,27,28). The Morgan fingerprint density at radius 3 is 2.69 bits per heavy atom. The molecule has 0 amide bonds. The van der Waals surface area contributed by atoms with E-state index in [1.807, 2.05) is 24.3 Å². The van der Waals surface area contributed by atoms with Crippen LogP contribution in [0.1, 0.15) is 58.4 Å². The predicted molar refractivity (Wildman–Crippen MR) is 125 cm³/mol. The molecule has 29 heavy (non-hydrogen) atoms. The molecule has 0 aliphatic carbocycles. The number of rotatable bonds is 8. The zero-order chi connectivity index (χ0) is 21.0. The molecular formula is C25H34ClN3. The summed E-state index contributed by atoms with van der Waals surface area (Å²) < 4.78 is 0. The van der Waals surface area contributed by atoms with E-state index in [-0.39, 0.29) is 0 Å². The highest BCUT2D eigenvalue weighted by Crippen LogP contribution is 2.35. The van der Waals surface area contributed by atoms with Crippen LogP contribution in [0, 0.1) is 11.8 Å². The summed E-state index contributed by atoms with van der Waals surface area (Å²) in [5.74, 6) is 1.98. The molecule has 0 saturated carbocycles. The fraction of sp³-hybridized carbons (Fsp3) is 0.480. The van der Waals surface area contributed by atoms with Gasteiger partial charge in [0.25, 0.3) is 0 Å². The van der Waals surface area contributed by atoms with Crippen LogP contribution in [0.3, 0.4) is 0 Å². The fourth-order valence-electron chi connectivity index (χ4n) is 3.99. The average molecular weight is 412 g/mol. The fourth-order valence-corrected chi connectivity index (χ4v) is 4.11. The first-order valence-corrected chi connectivity index (χ1v) is 11.2. The number of benzene rings is 1. The molecule has 1 aromatic rings. The summed E-state index contributed by atoms with van der Waals surface area (Å²) in [6, 6.07) is 7.83. The largest absolute Gasteiger partial charge is 0.370 e. The van der Waals surface area contributed by atoms with Crippen LogP contribution < -0.4 is 5.32 Å². The van der Waals surface area contributed by atoms with Crippen LogP contribution in [-0.4, -0.2) is 23.8 Å². The Bertz CT molecular complexity index is 817. The monoisotopic (exact) mass is 411 g/mol. The number of nitrogens with one attached hydrogen (secondary N) is 1. The summed E-state index contributed by atoms with van der Waals surface area (Å²) in [6.07, 6.45) is 5.78. The lowest BCUT2D eigenvalue weighted by molar-refractivity contribution is 0.276. The minimum absolute atomic E-state index is 0.413. The molecule has 0 spiro atoms. The number of amidine groups is 1. The van der Waals surface area contributed by atoms with Crippen molar-refractivity contribution in [1.29, 1.82) is 0 Å². The van der Waals surface area contributed by atoms with E-state index in [4.69, 9.17) is 16.6 Å². The molecule has 1 atom stereocenters. The molecule has 0 radical (unpaired) electrons. The van der Waals surface area contributed by atoms with E-state index in [0.29, 0.717) is 11.8 Å². The normalized spacial score (nSPS) is 19.2. The van der Waals surface area contributed by atoms with Gasteiger partial charge in [-0.15, -0.1) is 0 Å². The van der Waals surface area contributed by atoms with Crippen molar-refractivity contribution in [1.82, 2.24) is 10.2 Å². The summed E-state index contributed by atoms with van der Waals surface area (Å²) in [5.41, 5.74) is 5.69. The van der Waals surface area contributed by atoms with Gasteiger partial charge in [0.15, 0.2) is 0 Å². The topological polar surface area (TPSA) is 27.6 Å². The van der Waals surface area contributed by atoms with Crippen LogP contribution in [0.5, 0.6) is 0 Å². The number of unbranched alkanes of at least 4 members (excludes halogenated alkanes) is 1. The van der Waals surface area contributed by atoms with Crippen molar-refractivity contribution in [3.8, 4) is 0 Å². The number of aliphatic imine (C=N–C) groups is 1. The van der Waals surface area contributed by atoms with Gasteiger partial charge < -0.3 is 10.2 Å². The Kier molecular flexibility index (Phi) is 7.23. The molecule has 0 aromatic heterocycles. The van der Waals surface area contributed by atoms with Gasteiger partial charge in [0.2, 0.25) is 0 Å². The van der Waals surface area contributed by atoms with Gasteiger partial charge in [-0.3, -0.25) is 0 Å². The lowest BCUT2D eigenvalue weighted by Gasteiger charge is -2.40. The van der Waals surface area contributed by atoms with Crippen LogP contribution in [-0.2, 0) is 0 Å². The van der Waals surface area contributed by atoms with E-state index in [1.165, 1.54) is 36.2 Å². The van der Waals surface area contributed by atoms with Crippen LogP contribution in [0.4, 0.5) is 0 Å². The molecule has 156 valence electrons. The number of nitrogens with zero attached hydrogens (tertiary/aromatic N) is 2.